The molecule has 1 saturated carbocycles. The van der Waals surface area contributed by atoms with Crippen LogP contribution in [0.25, 0.3) is 10.8 Å². The predicted molar refractivity (Wildman–Crippen MR) is 109 cm³/mol. The summed E-state index contributed by atoms with van der Waals surface area (Å²) < 4.78 is 58.6. The Bertz CT molecular complexity index is 1120. The minimum atomic E-state index is -4.58. The molecule has 2 aromatic carbocycles. The number of nitrogens with zero attached hydrogens (tertiary/aromatic N) is 2. The first-order valence-electron chi connectivity index (χ1n) is 9.37. The lowest BCUT2D eigenvalue weighted by atomic mass is 9.89. The van der Waals surface area contributed by atoms with Crippen LogP contribution in [0, 0.1) is 17.1 Å². The number of ether oxygens (including phenoxy) is 1. The molecule has 1 N–H and O–H groups in total. The van der Waals surface area contributed by atoms with Gasteiger partial charge in [-0.05, 0) is 54.6 Å². The first-order valence-corrected chi connectivity index (χ1v) is 9.37. The Morgan fingerprint density at radius 3 is 2.65 bits per heavy atom. The summed E-state index contributed by atoms with van der Waals surface area (Å²) in [5.41, 5.74) is -0.867. The van der Waals surface area contributed by atoms with Gasteiger partial charge in [0.15, 0.2) is 0 Å². The molecule has 0 unspecified atom stereocenters. The van der Waals surface area contributed by atoms with E-state index in [1.165, 1.54) is 12.1 Å². The smallest absolute Gasteiger partial charge is 0.417 e. The van der Waals surface area contributed by atoms with Gasteiger partial charge in [0.25, 0.3) is 0 Å². The maximum Gasteiger partial charge on any atom is 0.417 e. The summed E-state index contributed by atoms with van der Waals surface area (Å²) in [6, 6.07) is 9.76. The zero-order valence-electron chi connectivity index (χ0n) is 16.1. The van der Waals surface area contributed by atoms with E-state index in [2.05, 4.69) is 10.3 Å². The molecule has 4 rings (SSSR count). The molecule has 162 valence electrons. The van der Waals surface area contributed by atoms with E-state index in [0.717, 1.165) is 22.9 Å². The van der Waals surface area contributed by atoms with Crippen LogP contribution in [0.1, 0.15) is 29.5 Å². The highest BCUT2D eigenvalue weighted by atomic mass is 35.5. The number of nitriles is 1. The molecule has 1 fully saturated rings. The van der Waals surface area contributed by atoms with Gasteiger partial charge in [0.05, 0.1) is 17.2 Å². The van der Waals surface area contributed by atoms with E-state index in [9.17, 15) is 17.6 Å². The molecule has 0 aliphatic heterocycles. The molecule has 3 aromatic rings. The van der Waals surface area contributed by atoms with Crippen LogP contribution in [0.4, 0.5) is 17.6 Å². The second-order valence-corrected chi connectivity index (χ2v) is 7.23. The van der Waals surface area contributed by atoms with E-state index < -0.39 is 17.3 Å². The first-order chi connectivity index (χ1) is 14.3. The van der Waals surface area contributed by atoms with Crippen LogP contribution in [0.15, 0.2) is 48.8 Å². The van der Waals surface area contributed by atoms with Gasteiger partial charge in [-0.2, -0.15) is 18.4 Å². The number of nitrogens with one attached hydrogen (secondary N) is 1. The van der Waals surface area contributed by atoms with Crippen molar-refractivity contribution in [2.45, 2.75) is 37.7 Å². The summed E-state index contributed by atoms with van der Waals surface area (Å²) in [4.78, 5) is 4.05. The Kier molecular flexibility index (Phi) is 6.68. The van der Waals surface area contributed by atoms with Crippen molar-refractivity contribution in [2.24, 2.45) is 0 Å². The van der Waals surface area contributed by atoms with Crippen molar-refractivity contribution in [3.63, 3.8) is 0 Å². The van der Waals surface area contributed by atoms with Crippen LogP contribution in [0.3, 0.4) is 0 Å². The molecule has 0 spiro atoms. The summed E-state index contributed by atoms with van der Waals surface area (Å²) in [6.45, 7) is 0.351. The van der Waals surface area contributed by atoms with Gasteiger partial charge in [-0.3, -0.25) is 4.98 Å². The summed E-state index contributed by atoms with van der Waals surface area (Å²) >= 11 is 0. The normalized spacial score (nSPS) is 18.0. The standard InChI is InChI=1S/C22H17F4N3O.ClH/c23-21-4-1-13-11-28-6-5-18(13)19(21)12-29-15-8-17(9-15)30-16-2-3-20(22(24,25)26)14(7-16)10-27;/h1-7,11,15,17,29H,8-9,12H2;1H. The maximum absolute atomic E-state index is 14.3. The molecular formula is C22H18ClF4N3O. The number of fused-ring (bicyclic) bond motifs is 1. The highest BCUT2D eigenvalue weighted by molar-refractivity contribution is 5.85. The minimum Gasteiger partial charge on any atom is -0.490 e. The Hall–Kier alpha value is -2.89. The topological polar surface area (TPSA) is 57.9 Å². The lowest BCUT2D eigenvalue weighted by Gasteiger charge is -2.36. The Balaban J connectivity index is 0.00000272. The third kappa shape index (κ3) is 4.89. The van der Waals surface area contributed by atoms with Gasteiger partial charge in [0.1, 0.15) is 17.7 Å². The summed E-state index contributed by atoms with van der Waals surface area (Å²) in [7, 11) is 0. The van der Waals surface area contributed by atoms with Gasteiger partial charge in [0, 0.05) is 35.9 Å². The van der Waals surface area contributed by atoms with Crippen LogP contribution >= 0.6 is 12.4 Å². The number of hydrogen-bond acceptors (Lipinski definition) is 4. The minimum absolute atomic E-state index is 0. The zero-order valence-corrected chi connectivity index (χ0v) is 16.9. The molecule has 0 radical (unpaired) electrons. The zero-order chi connectivity index (χ0) is 21.3. The molecule has 1 aliphatic carbocycles. The number of benzene rings is 2. The Morgan fingerprint density at radius 2 is 1.94 bits per heavy atom. The van der Waals surface area contributed by atoms with Gasteiger partial charge >= 0.3 is 6.18 Å². The highest BCUT2D eigenvalue weighted by Crippen LogP contribution is 2.35. The molecule has 9 heteroatoms. The lowest BCUT2D eigenvalue weighted by Crippen LogP contribution is -2.46. The number of alkyl halides is 3. The average Bonchev–Trinajstić information content (AvgIpc) is 2.69. The van der Waals surface area contributed by atoms with Crippen LogP contribution < -0.4 is 10.1 Å². The fourth-order valence-electron chi connectivity index (χ4n) is 3.59. The molecule has 1 aromatic heterocycles. The van der Waals surface area contributed by atoms with Gasteiger partial charge in [-0.1, -0.05) is 0 Å². The molecule has 0 bridgehead atoms. The fourth-order valence-corrected chi connectivity index (χ4v) is 3.59. The van der Waals surface area contributed by atoms with E-state index >= 15 is 0 Å². The quantitative estimate of drug-likeness (QED) is 0.529. The molecule has 31 heavy (non-hydrogen) atoms. The Labute approximate surface area is 182 Å². The number of halogens is 5. The van der Waals surface area contributed by atoms with E-state index in [4.69, 9.17) is 10.00 Å². The molecule has 0 amide bonds. The van der Waals surface area contributed by atoms with Gasteiger partial charge < -0.3 is 10.1 Å². The number of pyridine rings is 1. The van der Waals surface area contributed by atoms with E-state index in [-0.39, 0.29) is 36.1 Å². The van der Waals surface area contributed by atoms with Crippen LogP contribution in [-0.2, 0) is 12.7 Å². The highest BCUT2D eigenvalue weighted by Gasteiger charge is 2.35. The van der Waals surface area contributed by atoms with Crippen molar-refractivity contribution in [2.75, 3.05) is 0 Å². The van der Waals surface area contributed by atoms with Gasteiger partial charge in [0.2, 0.25) is 0 Å². The fraction of sp³-hybridized carbons (Fsp3) is 0.273. The molecule has 0 saturated heterocycles. The number of rotatable bonds is 5. The van der Waals surface area contributed by atoms with Crippen molar-refractivity contribution in [3.05, 3.63) is 71.3 Å². The summed E-state index contributed by atoms with van der Waals surface area (Å²) in [5, 5.41) is 13.9. The largest absolute Gasteiger partial charge is 0.490 e. The molecule has 4 nitrogen and oxygen atoms in total. The van der Waals surface area contributed by atoms with E-state index in [0.29, 0.717) is 24.9 Å². The maximum atomic E-state index is 14.3. The first kappa shape index (κ1) is 22.8. The van der Waals surface area contributed by atoms with E-state index in [1.54, 1.807) is 30.6 Å². The second-order valence-electron chi connectivity index (χ2n) is 7.23. The lowest BCUT2D eigenvalue weighted by molar-refractivity contribution is -0.137. The van der Waals surface area contributed by atoms with Crippen LogP contribution in [-0.4, -0.2) is 17.1 Å². The predicted octanol–water partition coefficient (Wildman–Crippen LogP) is 5.39. The summed E-state index contributed by atoms with van der Waals surface area (Å²) in [5.74, 6) is -0.0577. The third-order valence-corrected chi connectivity index (χ3v) is 5.26. The van der Waals surface area contributed by atoms with Gasteiger partial charge in [-0.15, -0.1) is 12.4 Å². The van der Waals surface area contributed by atoms with Gasteiger partial charge in [-0.25, -0.2) is 4.39 Å². The van der Waals surface area contributed by atoms with Crippen LogP contribution in [0.2, 0.25) is 0 Å². The molecule has 0 atom stereocenters. The Morgan fingerprint density at radius 1 is 1.16 bits per heavy atom. The summed E-state index contributed by atoms with van der Waals surface area (Å²) in [6.07, 6.45) is -0.175. The number of aromatic nitrogens is 1. The molecule has 1 heterocycles. The molecular weight excluding hydrogens is 434 g/mol. The van der Waals surface area contributed by atoms with Crippen molar-refractivity contribution in [1.29, 1.82) is 5.26 Å². The monoisotopic (exact) mass is 451 g/mol. The SMILES string of the molecule is Cl.N#Cc1cc(OC2CC(NCc3c(F)ccc4cnccc34)C2)ccc1C(F)(F)F. The van der Waals surface area contributed by atoms with Crippen LogP contribution in [0.5, 0.6) is 5.75 Å². The number of hydrogen-bond donors (Lipinski definition) is 1. The van der Waals surface area contributed by atoms with Crippen molar-refractivity contribution < 1.29 is 22.3 Å². The molecule has 1 aliphatic rings. The van der Waals surface area contributed by atoms with E-state index in [1.807, 2.05) is 0 Å². The third-order valence-electron chi connectivity index (χ3n) is 5.26. The van der Waals surface area contributed by atoms with Crippen molar-refractivity contribution in [1.82, 2.24) is 10.3 Å². The second kappa shape index (κ2) is 9.08. The average molecular weight is 452 g/mol. The van der Waals surface area contributed by atoms with Crippen molar-refractivity contribution >= 4 is 23.2 Å². The van der Waals surface area contributed by atoms with Crippen molar-refractivity contribution in [3.8, 4) is 11.8 Å².